The van der Waals surface area contributed by atoms with Gasteiger partial charge < -0.3 is 19.6 Å². The minimum atomic E-state index is 0.916. The van der Waals surface area contributed by atoms with E-state index in [1.54, 1.807) is 0 Å². The summed E-state index contributed by atoms with van der Waals surface area (Å²) < 4.78 is 0. The number of rotatable bonds is 26. The summed E-state index contributed by atoms with van der Waals surface area (Å²) in [6, 6.07) is 195. The molecule has 0 amide bonds. The number of hydrogen-bond acceptors (Lipinski definition) is 6. The van der Waals surface area contributed by atoms with Gasteiger partial charge in [-0.3, -0.25) is 0 Å². The van der Waals surface area contributed by atoms with E-state index >= 15 is 0 Å². The molecule has 137 heavy (non-hydrogen) atoms. The standard InChI is InChI=1S/C131H96N4S2/c1-3-93-91-129(109-58-82-125(83-59-109)133(118-68-44-102(45-69-118)96-28-14-6-15-29-96)119-70-46-103(47-71-119)97-30-16-7-17-31-97)137-131(93)111-62-86-127(87-63-111)135(121-74-50-105(51-75-121)99-34-20-9-21-35-99)123-78-54-107(55-79-123)113-37-23-39-115(90-113)114-38-22-36-112(89-114)106-52-76-122(77-53-106)134(120-72-48-104(49-73-120)98-32-18-8-19-33-98)126-84-60-110(61-85-126)130-92(2)88-128(136-130)108-56-80-124(81-57-108)132(116-64-40-100(41-65-116)94-24-10-4-11-25-94)117-66-42-101(43-67-117)95-26-12-5-13-27-95/h4-91H,3H2,1-2H3. The summed E-state index contributed by atoms with van der Waals surface area (Å²) in [6.07, 6.45) is 0.916. The van der Waals surface area contributed by atoms with Gasteiger partial charge in [0.15, 0.2) is 0 Å². The van der Waals surface area contributed by atoms with Gasteiger partial charge in [-0.15, -0.1) is 22.7 Å². The topological polar surface area (TPSA) is 13.0 Å². The molecule has 0 spiro atoms. The maximum Gasteiger partial charge on any atom is 0.0462 e. The lowest BCUT2D eigenvalue weighted by Crippen LogP contribution is -2.09. The molecule has 0 fully saturated rings. The van der Waals surface area contributed by atoms with Crippen molar-refractivity contribution in [3.05, 3.63) is 545 Å². The fraction of sp³-hybridized carbons (Fsp3) is 0.0229. The molecule has 652 valence electrons. The van der Waals surface area contributed by atoms with E-state index in [1.807, 2.05) is 22.7 Å². The fourth-order valence-corrected chi connectivity index (χ4v) is 21.3. The van der Waals surface area contributed by atoms with Crippen LogP contribution in [0.1, 0.15) is 18.1 Å². The first-order chi connectivity index (χ1) is 67.7. The Balaban J connectivity index is 0.510. The molecule has 0 aliphatic heterocycles. The largest absolute Gasteiger partial charge is 0.311 e. The predicted molar refractivity (Wildman–Crippen MR) is 586 cm³/mol. The molecule has 0 N–H and O–H groups in total. The molecule has 20 aromatic carbocycles. The highest BCUT2D eigenvalue weighted by Gasteiger charge is 2.23. The average Bonchev–Trinajstić information content (AvgIpc) is 1.69. The van der Waals surface area contributed by atoms with Crippen molar-refractivity contribution in [3.63, 3.8) is 0 Å². The van der Waals surface area contributed by atoms with E-state index in [2.05, 4.69) is 567 Å². The zero-order valence-electron chi connectivity index (χ0n) is 76.1. The van der Waals surface area contributed by atoms with Crippen LogP contribution >= 0.6 is 22.7 Å². The van der Waals surface area contributed by atoms with E-state index < -0.39 is 0 Å². The summed E-state index contributed by atoms with van der Waals surface area (Å²) >= 11 is 3.72. The number of benzene rings is 20. The molecule has 4 nitrogen and oxygen atoms in total. The van der Waals surface area contributed by atoms with Crippen molar-refractivity contribution >= 4 is 90.9 Å². The van der Waals surface area contributed by atoms with Gasteiger partial charge in [-0.05, 0) is 317 Å². The predicted octanol–water partition coefficient (Wildman–Crippen LogP) is 38.2. The van der Waals surface area contributed by atoms with Crippen molar-refractivity contribution in [2.45, 2.75) is 20.3 Å². The Morgan fingerprint density at radius 3 is 0.526 bits per heavy atom. The van der Waals surface area contributed by atoms with Gasteiger partial charge in [0, 0.05) is 87.8 Å². The molecular weight excluding hydrogens is 1690 g/mol. The second-order valence-corrected chi connectivity index (χ2v) is 36.8. The summed E-state index contributed by atoms with van der Waals surface area (Å²) in [7, 11) is 0. The molecule has 0 unspecified atom stereocenters. The Kier molecular flexibility index (Phi) is 24.4. The second kappa shape index (κ2) is 39.0. The zero-order chi connectivity index (χ0) is 91.8. The number of anilines is 12. The number of nitrogens with zero attached hydrogens (tertiary/aromatic N) is 4. The smallest absolute Gasteiger partial charge is 0.0462 e. The monoisotopic (exact) mass is 1790 g/mol. The van der Waals surface area contributed by atoms with Gasteiger partial charge in [0.25, 0.3) is 0 Å². The Hall–Kier alpha value is -17.0. The molecule has 0 radical (unpaired) electrons. The van der Waals surface area contributed by atoms with Gasteiger partial charge in [0.2, 0.25) is 0 Å². The number of thiophene rings is 2. The van der Waals surface area contributed by atoms with E-state index in [9.17, 15) is 0 Å². The van der Waals surface area contributed by atoms with Crippen LogP contribution < -0.4 is 19.6 Å². The van der Waals surface area contributed by atoms with Crippen molar-refractivity contribution in [2.24, 2.45) is 0 Å². The lowest BCUT2D eigenvalue weighted by molar-refractivity contribution is 1.16. The summed E-state index contributed by atoms with van der Waals surface area (Å²) in [5.41, 5.74) is 41.5. The summed E-state index contributed by atoms with van der Waals surface area (Å²) in [5.74, 6) is 0. The fourth-order valence-electron chi connectivity index (χ4n) is 18.8. The number of aryl methyl sites for hydroxylation is 2. The molecule has 0 aliphatic rings. The lowest BCUT2D eigenvalue weighted by Gasteiger charge is -2.26. The quantitative estimate of drug-likeness (QED) is 0.0536. The summed E-state index contributed by atoms with van der Waals surface area (Å²) in [6.45, 7) is 4.51. The Bertz CT molecular complexity index is 7670. The molecule has 0 saturated heterocycles. The van der Waals surface area contributed by atoms with Crippen LogP contribution in [0.25, 0.3) is 142 Å². The molecule has 22 aromatic rings. The molecule has 0 atom stereocenters. The van der Waals surface area contributed by atoms with Crippen molar-refractivity contribution in [3.8, 4) is 142 Å². The lowest BCUT2D eigenvalue weighted by atomic mass is 9.96. The van der Waals surface area contributed by atoms with Crippen LogP contribution in [0.2, 0.25) is 0 Å². The highest BCUT2D eigenvalue weighted by molar-refractivity contribution is 7.19. The maximum absolute atomic E-state index is 2.40. The van der Waals surface area contributed by atoms with Gasteiger partial charge in [-0.1, -0.05) is 371 Å². The number of hydrogen-bond donors (Lipinski definition) is 0. The zero-order valence-corrected chi connectivity index (χ0v) is 77.8. The molecule has 0 bridgehead atoms. The van der Waals surface area contributed by atoms with Crippen LogP contribution in [0.4, 0.5) is 68.2 Å². The first kappa shape index (κ1) is 85.5. The SMILES string of the molecule is CCc1cc(-c2ccc(N(c3ccc(-c4ccccc4)cc3)c3ccc(-c4ccccc4)cc3)cc2)sc1-c1ccc(N(c2ccc(-c3ccccc3)cc2)c2ccc(-c3cccc(-c4cccc(-c5ccc(N(c6ccc(-c7ccccc7)cc6)c6ccc(-c7sc(-c8ccc(N(c9ccc(-c%10ccccc%10)cc9)c9ccc(-c%10ccccc%10)cc9)cc8)cc7C)cc6)cc5)c4)c3)cc2)cc1. The van der Waals surface area contributed by atoms with Crippen molar-refractivity contribution in [1.29, 1.82) is 0 Å². The van der Waals surface area contributed by atoms with Gasteiger partial charge in [0.1, 0.15) is 0 Å². The minimum Gasteiger partial charge on any atom is -0.311 e. The van der Waals surface area contributed by atoms with Crippen molar-refractivity contribution < 1.29 is 0 Å². The minimum absolute atomic E-state index is 0.916. The normalized spacial score (nSPS) is 11.2. The highest BCUT2D eigenvalue weighted by atomic mass is 32.1. The van der Waals surface area contributed by atoms with Crippen LogP contribution in [-0.4, -0.2) is 0 Å². The Morgan fingerprint density at radius 1 is 0.146 bits per heavy atom. The van der Waals surface area contributed by atoms with Crippen LogP contribution in [0.5, 0.6) is 0 Å². The Morgan fingerprint density at radius 2 is 0.307 bits per heavy atom. The van der Waals surface area contributed by atoms with Gasteiger partial charge in [0.05, 0.1) is 0 Å². The van der Waals surface area contributed by atoms with Crippen LogP contribution in [0, 0.1) is 6.92 Å². The first-order valence-electron chi connectivity index (χ1n) is 46.9. The van der Waals surface area contributed by atoms with Gasteiger partial charge >= 0.3 is 0 Å². The van der Waals surface area contributed by atoms with Crippen molar-refractivity contribution in [1.82, 2.24) is 0 Å². The molecular formula is C131H96N4S2. The molecule has 0 aliphatic carbocycles. The van der Waals surface area contributed by atoms with E-state index in [0.29, 0.717) is 0 Å². The van der Waals surface area contributed by atoms with Crippen LogP contribution in [-0.2, 0) is 6.42 Å². The molecule has 2 aromatic heterocycles. The van der Waals surface area contributed by atoms with E-state index in [0.717, 1.165) is 108 Å². The molecule has 22 rings (SSSR count). The van der Waals surface area contributed by atoms with Crippen molar-refractivity contribution in [2.75, 3.05) is 19.6 Å². The second-order valence-electron chi connectivity index (χ2n) is 34.7. The van der Waals surface area contributed by atoms with E-state index in [1.165, 1.54) is 120 Å². The summed E-state index contributed by atoms with van der Waals surface area (Å²) in [4.78, 5) is 14.5. The average molecular weight is 1790 g/mol. The van der Waals surface area contributed by atoms with Gasteiger partial charge in [-0.25, -0.2) is 0 Å². The summed E-state index contributed by atoms with van der Waals surface area (Å²) in [5, 5.41) is 0. The van der Waals surface area contributed by atoms with Crippen LogP contribution in [0.3, 0.4) is 0 Å². The molecule has 2 heterocycles. The first-order valence-corrected chi connectivity index (χ1v) is 48.6. The molecule has 6 heteroatoms. The third-order valence-corrected chi connectivity index (χ3v) is 28.7. The third kappa shape index (κ3) is 18.5. The third-order valence-electron chi connectivity index (χ3n) is 26.1. The molecule has 0 saturated carbocycles. The maximum atomic E-state index is 2.40. The Labute approximate surface area is 811 Å². The van der Waals surface area contributed by atoms with E-state index in [4.69, 9.17) is 0 Å². The van der Waals surface area contributed by atoms with E-state index in [-0.39, 0.29) is 0 Å². The van der Waals surface area contributed by atoms with Crippen LogP contribution in [0.15, 0.2) is 534 Å². The highest BCUT2D eigenvalue weighted by Crippen LogP contribution is 2.48. The van der Waals surface area contributed by atoms with Gasteiger partial charge in [-0.2, -0.15) is 0 Å².